The van der Waals surface area contributed by atoms with Gasteiger partial charge in [-0.1, -0.05) is 6.07 Å². The Bertz CT molecular complexity index is 1310. The summed E-state index contributed by atoms with van der Waals surface area (Å²) < 4.78 is 12.2. The lowest BCUT2D eigenvalue weighted by atomic mass is 10.1. The Balaban J connectivity index is 1.77. The molecule has 4 rings (SSSR count). The van der Waals surface area contributed by atoms with Crippen LogP contribution in [0.3, 0.4) is 0 Å². The lowest BCUT2D eigenvalue weighted by Gasteiger charge is -2.09. The number of nitrogens with one attached hydrogen (secondary N) is 1. The summed E-state index contributed by atoms with van der Waals surface area (Å²) in [5.41, 5.74) is 2.19. The molecule has 158 valence electrons. The molecular weight excluding hydrogens is 402 g/mol. The smallest absolute Gasteiger partial charge is 0.394 e. The molecule has 0 unspecified atom stereocenters. The van der Waals surface area contributed by atoms with Crippen LogP contribution in [0.1, 0.15) is 17.8 Å². The number of carboxylic acids is 1. The van der Waals surface area contributed by atoms with E-state index in [9.17, 15) is 14.4 Å². The van der Waals surface area contributed by atoms with Gasteiger partial charge >= 0.3 is 11.9 Å². The maximum atomic E-state index is 12.9. The van der Waals surface area contributed by atoms with Gasteiger partial charge in [0.25, 0.3) is 5.56 Å². The Morgan fingerprint density at radius 1 is 1.13 bits per heavy atom. The van der Waals surface area contributed by atoms with Crippen molar-refractivity contribution >= 4 is 40.1 Å². The summed E-state index contributed by atoms with van der Waals surface area (Å²) in [6.45, 7) is 0.508. The molecular formula is C22H19N3O6. The molecule has 9 heteroatoms. The average Bonchev–Trinajstić information content (AvgIpc) is 3.16. The molecule has 1 aromatic heterocycles. The lowest BCUT2D eigenvalue weighted by Crippen LogP contribution is -2.23. The number of carbonyl (C=O) groups excluding carboxylic acids is 1. The van der Waals surface area contributed by atoms with Crippen molar-refractivity contribution < 1.29 is 24.2 Å². The van der Waals surface area contributed by atoms with Crippen LogP contribution in [0.5, 0.6) is 11.5 Å². The van der Waals surface area contributed by atoms with Crippen molar-refractivity contribution in [2.24, 2.45) is 0 Å². The SMILES string of the molecule is COc1ccc(C=C2CCn3c2nc2cc(NC(=O)C(=O)O)ccc2c3=O)cc1OC. The first-order valence-electron chi connectivity index (χ1n) is 9.43. The van der Waals surface area contributed by atoms with E-state index in [0.717, 1.165) is 11.1 Å². The molecule has 2 heterocycles. The molecule has 3 aromatic rings. The van der Waals surface area contributed by atoms with Crippen LogP contribution in [-0.4, -0.2) is 40.8 Å². The fraction of sp³-hybridized carbons (Fsp3) is 0.182. The first-order valence-corrected chi connectivity index (χ1v) is 9.43. The second kappa shape index (κ2) is 7.94. The monoisotopic (exact) mass is 421 g/mol. The van der Waals surface area contributed by atoms with Gasteiger partial charge in [0.05, 0.1) is 25.1 Å². The lowest BCUT2D eigenvalue weighted by molar-refractivity contribution is -0.147. The number of fused-ring (bicyclic) bond motifs is 2. The van der Waals surface area contributed by atoms with Crippen LogP contribution >= 0.6 is 0 Å². The van der Waals surface area contributed by atoms with Gasteiger partial charge in [-0.15, -0.1) is 0 Å². The van der Waals surface area contributed by atoms with E-state index < -0.39 is 11.9 Å². The number of anilines is 1. The first kappa shape index (κ1) is 20.1. The molecule has 0 saturated heterocycles. The van der Waals surface area contributed by atoms with Gasteiger partial charge in [0.2, 0.25) is 0 Å². The Hall–Kier alpha value is -4.14. The quantitative estimate of drug-likeness (QED) is 0.621. The molecule has 9 nitrogen and oxygen atoms in total. The van der Waals surface area contributed by atoms with Crippen LogP contribution in [0.2, 0.25) is 0 Å². The van der Waals surface area contributed by atoms with E-state index in [1.807, 2.05) is 18.2 Å². The summed E-state index contributed by atoms with van der Waals surface area (Å²) in [5.74, 6) is -1.01. The standard InChI is InChI=1S/C22H19N3O6/c1-30-17-6-3-12(10-18(17)31-2)9-13-7-8-25-19(13)24-16-11-14(23-20(26)22(28)29)4-5-15(16)21(25)27/h3-6,9-11H,7-8H2,1-2H3,(H,23,26)(H,28,29). The van der Waals surface area contributed by atoms with E-state index in [0.29, 0.717) is 41.2 Å². The minimum atomic E-state index is -1.60. The summed E-state index contributed by atoms with van der Waals surface area (Å²) in [6, 6.07) is 10.0. The minimum Gasteiger partial charge on any atom is -0.493 e. The van der Waals surface area contributed by atoms with Crippen molar-refractivity contribution in [3.8, 4) is 11.5 Å². The number of aromatic nitrogens is 2. The Morgan fingerprint density at radius 2 is 1.90 bits per heavy atom. The van der Waals surface area contributed by atoms with Crippen molar-refractivity contribution in [2.75, 3.05) is 19.5 Å². The van der Waals surface area contributed by atoms with Crippen molar-refractivity contribution in [2.45, 2.75) is 13.0 Å². The van der Waals surface area contributed by atoms with Gasteiger partial charge in [-0.05, 0) is 54.0 Å². The Kier molecular flexibility index (Phi) is 5.16. The zero-order chi connectivity index (χ0) is 22.1. The summed E-state index contributed by atoms with van der Waals surface area (Å²) >= 11 is 0. The predicted molar refractivity (Wildman–Crippen MR) is 114 cm³/mol. The molecule has 0 atom stereocenters. The average molecular weight is 421 g/mol. The maximum absolute atomic E-state index is 12.9. The summed E-state index contributed by atoms with van der Waals surface area (Å²) in [6.07, 6.45) is 2.57. The van der Waals surface area contributed by atoms with Gasteiger partial charge in [0.15, 0.2) is 11.5 Å². The third kappa shape index (κ3) is 3.73. The van der Waals surface area contributed by atoms with Crippen LogP contribution in [-0.2, 0) is 16.1 Å². The number of methoxy groups -OCH3 is 2. The van der Waals surface area contributed by atoms with E-state index in [2.05, 4.69) is 10.3 Å². The van der Waals surface area contributed by atoms with Crippen LogP contribution in [0.15, 0.2) is 41.2 Å². The van der Waals surface area contributed by atoms with E-state index in [1.54, 1.807) is 24.9 Å². The van der Waals surface area contributed by atoms with Crippen LogP contribution in [0.25, 0.3) is 22.6 Å². The number of benzene rings is 2. The highest BCUT2D eigenvalue weighted by Crippen LogP contribution is 2.32. The molecule has 1 aliphatic rings. The highest BCUT2D eigenvalue weighted by Gasteiger charge is 2.21. The molecule has 1 aliphatic heterocycles. The number of allylic oxidation sites excluding steroid dienone is 1. The fourth-order valence-corrected chi connectivity index (χ4v) is 3.56. The van der Waals surface area contributed by atoms with Crippen LogP contribution < -0.4 is 20.3 Å². The number of ether oxygens (including phenoxy) is 2. The van der Waals surface area contributed by atoms with Crippen LogP contribution in [0.4, 0.5) is 5.69 Å². The highest BCUT2D eigenvalue weighted by atomic mass is 16.5. The van der Waals surface area contributed by atoms with E-state index in [4.69, 9.17) is 14.6 Å². The zero-order valence-electron chi connectivity index (χ0n) is 16.8. The largest absolute Gasteiger partial charge is 0.493 e. The normalized spacial score (nSPS) is 13.8. The fourth-order valence-electron chi connectivity index (χ4n) is 3.56. The number of carbonyl (C=O) groups is 2. The number of nitrogens with zero attached hydrogens (tertiary/aromatic N) is 2. The maximum Gasteiger partial charge on any atom is 0.394 e. The molecule has 0 saturated carbocycles. The minimum absolute atomic E-state index is 0.188. The van der Waals surface area contributed by atoms with E-state index in [1.165, 1.54) is 18.2 Å². The van der Waals surface area contributed by atoms with Crippen molar-refractivity contribution in [1.29, 1.82) is 0 Å². The Morgan fingerprint density at radius 3 is 2.61 bits per heavy atom. The topological polar surface area (TPSA) is 120 Å². The second-order valence-corrected chi connectivity index (χ2v) is 6.92. The van der Waals surface area contributed by atoms with Crippen molar-refractivity contribution in [1.82, 2.24) is 9.55 Å². The number of hydrogen-bond acceptors (Lipinski definition) is 6. The van der Waals surface area contributed by atoms with Gasteiger partial charge in [-0.2, -0.15) is 0 Å². The number of carboxylic acid groups (broad SMARTS) is 1. The third-order valence-corrected chi connectivity index (χ3v) is 5.05. The van der Waals surface area contributed by atoms with Gasteiger partial charge in [-0.25, -0.2) is 9.78 Å². The number of hydrogen-bond donors (Lipinski definition) is 2. The molecule has 2 N–H and O–H groups in total. The first-order chi connectivity index (χ1) is 14.9. The van der Waals surface area contributed by atoms with Gasteiger partial charge in [-0.3, -0.25) is 14.2 Å². The Labute approximate surface area is 176 Å². The highest BCUT2D eigenvalue weighted by molar-refractivity contribution is 6.36. The summed E-state index contributed by atoms with van der Waals surface area (Å²) in [7, 11) is 3.13. The van der Waals surface area contributed by atoms with Gasteiger partial charge in [0, 0.05) is 12.2 Å². The van der Waals surface area contributed by atoms with Crippen molar-refractivity contribution in [3.63, 3.8) is 0 Å². The number of aliphatic carboxylic acids is 1. The molecule has 2 aromatic carbocycles. The molecule has 0 spiro atoms. The van der Waals surface area contributed by atoms with Gasteiger partial charge < -0.3 is 19.9 Å². The second-order valence-electron chi connectivity index (χ2n) is 6.92. The van der Waals surface area contributed by atoms with Crippen molar-refractivity contribution in [3.05, 3.63) is 58.1 Å². The predicted octanol–water partition coefficient (Wildman–Crippen LogP) is 2.38. The van der Waals surface area contributed by atoms with Crippen LogP contribution in [0, 0.1) is 0 Å². The third-order valence-electron chi connectivity index (χ3n) is 5.05. The van der Waals surface area contributed by atoms with Gasteiger partial charge in [0.1, 0.15) is 5.82 Å². The number of rotatable bonds is 4. The molecule has 0 bridgehead atoms. The van der Waals surface area contributed by atoms with E-state index >= 15 is 0 Å². The summed E-state index contributed by atoms with van der Waals surface area (Å²) in [4.78, 5) is 39.7. The molecule has 0 radical (unpaired) electrons. The molecule has 0 fully saturated rings. The zero-order valence-corrected chi connectivity index (χ0v) is 16.8. The van der Waals surface area contributed by atoms with E-state index in [-0.39, 0.29) is 11.2 Å². The molecule has 31 heavy (non-hydrogen) atoms. The molecule has 1 amide bonds. The molecule has 0 aliphatic carbocycles. The number of amides is 1. The summed E-state index contributed by atoms with van der Waals surface area (Å²) in [5, 5.41) is 11.4.